The van der Waals surface area contributed by atoms with E-state index < -0.39 is 28.8 Å². The number of benzene rings is 1. The lowest BCUT2D eigenvalue weighted by molar-refractivity contribution is 0.0519. The Kier molecular flexibility index (Phi) is 4.90. The van der Waals surface area contributed by atoms with Gasteiger partial charge in [-0.05, 0) is 25.1 Å². The molecule has 1 N–H and O–H groups in total. The zero-order valence-electron chi connectivity index (χ0n) is 13.2. The number of hydrogen-bond acceptors (Lipinski definition) is 6. The molecule has 0 bridgehead atoms. The molecule has 1 aromatic heterocycles. The van der Waals surface area contributed by atoms with Crippen LogP contribution < -0.4 is 5.56 Å². The van der Waals surface area contributed by atoms with Crippen LogP contribution in [0, 0.1) is 12.3 Å². The van der Waals surface area contributed by atoms with Gasteiger partial charge in [-0.1, -0.05) is 5.92 Å². The Morgan fingerprint density at radius 1 is 1.33 bits per heavy atom. The van der Waals surface area contributed by atoms with E-state index in [4.69, 9.17) is 11.2 Å². The minimum Gasteiger partial charge on any atom is -0.506 e. The summed E-state index contributed by atoms with van der Waals surface area (Å²) in [6.07, 6.45) is 5.28. The van der Waals surface area contributed by atoms with E-state index in [0.29, 0.717) is 0 Å². The number of pyridine rings is 1. The predicted molar refractivity (Wildman–Crippen MR) is 86.0 cm³/mol. The third-order valence-electron chi connectivity index (χ3n) is 3.39. The SMILES string of the molecule is C#CCn1c(=O)c(C(=O)OCC)c(O)c2cc(C(=O)OC)ccc21. The van der Waals surface area contributed by atoms with E-state index in [1.165, 1.54) is 25.3 Å². The molecule has 124 valence electrons. The fourth-order valence-corrected chi connectivity index (χ4v) is 2.32. The molecule has 0 fully saturated rings. The first-order chi connectivity index (χ1) is 11.5. The summed E-state index contributed by atoms with van der Waals surface area (Å²) in [6.45, 7) is 1.50. The van der Waals surface area contributed by atoms with E-state index in [1.807, 2.05) is 0 Å². The number of nitrogens with zero attached hydrogens (tertiary/aromatic N) is 1. The first-order valence-corrected chi connectivity index (χ1v) is 7.04. The van der Waals surface area contributed by atoms with Gasteiger partial charge in [0.2, 0.25) is 0 Å². The van der Waals surface area contributed by atoms with Crippen LogP contribution in [-0.4, -0.2) is 35.3 Å². The quantitative estimate of drug-likeness (QED) is 0.671. The molecule has 1 heterocycles. The Hall–Kier alpha value is -3.27. The number of aromatic nitrogens is 1. The molecule has 0 amide bonds. The second-order valence-corrected chi connectivity index (χ2v) is 4.76. The lowest BCUT2D eigenvalue weighted by Gasteiger charge is -2.13. The summed E-state index contributed by atoms with van der Waals surface area (Å²) in [5.41, 5.74) is -0.846. The molecule has 2 aromatic rings. The number of fused-ring (bicyclic) bond motifs is 1. The molecule has 2 rings (SSSR count). The minimum atomic E-state index is -0.962. The predicted octanol–water partition coefficient (Wildman–Crippen LogP) is 1.30. The highest BCUT2D eigenvalue weighted by molar-refractivity contribution is 6.02. The molecule has 1 aromatic carbocycles. The summed E-state index contributed by atoms with van der Waals surface area (Å²) >= 11 is 0. The van der Waals surface area contributed by atoms with E-state index in [1.54, 1.807) is 6.92 Å². The molecule has 0 saturated carbocycles. The third-order valence-corrected chi connectivity index (χ3v) is 3.39. The number of carbonyl (C=O) groups is 2. The van der Waals surface area contributed by atoms with Crippen LogP contribution in [-0.2, 0) is 16.0 Å². The minimum absolute atomic E-state index is 0.0348. The second-order valence-electron chi connectivity index (χ2n) is 4.76. The first-order valence-electron chi connectivity index (χ1n) is 7.04. The van der Waals surface area contributed by atoms with Crippen molar-refractivity contribution in [1.82, 2.24) is 4.57 Å². The van der Waals surface area contributed by atoms with Crippen molar-refractivity contribution >= 4 is 22.8 Å². The van der Waals surface area contributed by atoms with Crippen molar-refractivity contribution in [2.45, 2.75) is 13.5 Å². The van der Waals surface area contributed by atoms with Crippen LogP contribution in [0.3, 0.4) is 0 Å². The van der Waals surface area contributed by atoms with Crippen LogP contribution in [0.5, 0.6) is 5.75 Å². The molecule has 0 radical (unpaired) electrons. The normalized spacial score (nSPS) is 10.2. The number of esters is 2. The molecule has 0 aliphatic carbocycles. The molecule has 7 heteroatoms. The summed E-state index contributed by atoms with van der Waals surface area (Å²) in [5.74, 6) is 0.175. The Morgan fingerprint density at radius 3 is 2.62 bits per heavy atom. The smallest absolute Gasteiger partial charge is 0.347 e. The average molecular weight is 329 g/mol. The Labute approximate surface area is 137 Å². The van der Waals surface area contributed by atoms with Crippen LogP contribution in [0.25, 0.3) is 10.9 Å². The van der Waals surface area contributed by atoms with E-state index in [9.17, 15) is 19.5 Å². The van der Waals surface area contributed by atoms with E-state index in [2.05, 4.69) is 10.7 Å². The lowest BCUT2D eigenvalue weighted by atomic mass is 10.1. The van der Waals surface area contributed by atoms with Crippen molar-refractivity contribution in [3.63, 3.8) is 0 Å². The Bertz CT molecular complexity index is 919. The molecule has 0 unspecified atom stereocenters. The van der Waals surface area contributed by atoms with Crippen molar-refractivity contribution in [2.24, 2.45) is 0 Å². The van der Waals surface area contributed by atoms with Crippen LogP contribution in [0.1, 0.15) is 27.6 Å². The molecule has 7 nitrogen and oxygen atoms in total. The van der Waals surface area contributed by atoms with Crippen molar-refractivity contribution in [3.05, 3.63) is 39.7 Å². The number of ether oxygens (including phenoxy) is 2. The topological polar surface area (TPSA) is 94.8 Å². The fourth-order valence-electron chi connectivity index (χ4n) is 2.32. The van der Waals surface area contributed by atoms with Crippen molar-refractivity contribution in [3.8, 4) is 18.1 Å². The van der Waals surface area contributed by atoms with Gasteiger partial charge in [-0.3, -0.25) is 9.36 Å². The van der Waals surface area contributed by atoms with Gasteiger partial charge in [0.15, 0.2) is 5.56 Å². The largest absolute Gasteiger partial charge is 0.506 e. The molecule has 0 aliphatic heterocycles. The van der Waals surface area contributed by atoms with E-state index in [0.717, 1.165) is 4.57 Å². The van der Waals surface area contributed by atoms with Gasteiger partial charge in [0.25, 0.3) is 5.56 Å². The summed E-state index contributed by atoms with van der Waals surface area (Å²) in [4.78, 5) is 36.2. The van der Waals surface area contributed by atoms with Gasteiger partial charge in [0, 0.05) is 5.39 Å². The molecule has 0 saturated heterocycles. The van der Waals surface area contributed by atoms with E-state index in [-0.39, 0.29) is 29.6 Å². The number of rotatable bonds is 4. The highest BCUT2D eigenvalue weighted by Crippen LogP contribution is 2.28. The lowest BCUT2D eigenvalue weighted by Crippen LogP contribution is -2.28. The third kappa shape index (κ3) is 2.82. The van der Waals surface area contributed by atoms with Crippen LogP contribution >= 0.6 is 0 Å². The maximum atomic E-state index is 12.5. The summed E-state index contributed by atoms with van der Waals surface area (Å²) in [6, 6.07) is 4.21. The summed E-state index contributed by atoms with van der Waals surface area (Å²) < 4.78 is 10.6. The zero-order valence-corrected chi connectivity index (χ0v) is 13.2. The Morgan fingerprint density at radius 2 is 2.04 bits per heavy atom. The average Bonchev–Trinajstić information content (AvgIpc) is 2.58. The van der Waals surface area contributed by atoms with Gasteiger partial charge >= 0.3 is 11.9 Å². The number of hydrogen-bond donors (Lipinski definition) is 1. The van der Waals surface area contributed by atoms with Crippen molar-refractivity contribution in [2.75, 3.05) is 13.7 Å². The molecular formula is C17H15NO6. The number of terminal acetylenes is 1. The summed E-state index contributed by atoms with van der Waals surface area (Å²) in [7, 11) is 1.22. The highest BCUT2D eigenvalue weighted by Gasteiger charge is 2.23. The van der Waals surface area contributed by atoms with Gasteiger partial charge < -0.3 is 14.6 Å². The standard InChI is InChI=1S/C17H15NO6/c1-4-8-18-12-7-6-10(16(21)23-3)9-11(12)14(19)13(15(18)20)17(22)24-5-2/h1,6-7,9,19H,5,8H2,2-3H3. The Balaban J connectivity index is 2.88. The number of methoxy groups -OCH3 is 1. The molecular weight excluding hydrogens is 314 g/mol. The first kappa shape index (κ1) is 17.1. The van der Waals surface area contributed by atoms with Crippen LogP contribution in [0.2, 0.25) is 0 Å². The van der Waals surface area contributed by atoms with Gasteiger partial charge in [0.1, 0.15) is 5.75 Å². The van der Waals surface area contributed by atoms with Crippen molar-refractivity contribution < 1.29 is 24.2 Å². The molecule has 0 atom stereocenters. The zero-order chi connectivity index (χ0) is 17.9. The maximum Gasteiger partial charge on any atom is 0.347 e. The molecule has 0 aliphatic rings. The van der Waals surface area contributed by atoms with Gasteiger partial charge in [-0.2, -0.15) is 0 Å². The van der Waals surface area contributed by atoms with Crippen LogP contribution in [0.15, 0.2) is 23.0 Å². The monoisotopic (exact) mass is 329 g/mol. The van der Waals surface area contributed by atoms with Gasteiger partial charge in [0.05, 0.1) is 31.3 Å². The highest BCUT2D eigenvalue weighted by atomic mass is 16.5. The second kappa shape index (κ2) is 6.87. The maximum absolute atomic E-state index is 12.5. The number of aromatic hydroxyl groups is 1. The summed E-state index contributed by atoms with van der Waals surface area (Å²) in [5, 5.41) is 10.5. The molecule has 0 spiro atoms. The van der Waals surface area contributed by atoms with E-state index >= 15 is 0 Å². The fraction of sp³-hybridized carbons (Fsp3) is 0.235. The van der Waals surface area contributed by atoms with Gasteiger partial charge in [-0.25, -0.2) is 9.59 Å². The van der Waals surface area contributed by atoms with Crippen LogP contribution in [0.4, 0.5) is 0 Å². The van der Waals surface area contributed by atoms with Crippen molar-refractivity contribution in [1.29, 1.82) is 0 Å². The van der Waals surface area contributed by atoms with Gasteiger partial charge in [-0.15, -0.1) is 6.42 Å². The number of carbonyl (C=O) groups excluding carboxylic acids is 2. The molecule has 24 heavy (non-hydrogen) atoms.